The third-order valence-corrected chi connectivity index (χ3v) is 3.37. The molecule has 7 heteroatoms. The van der Waals surface area contributed by atoms with Crippen LogP contribution in [0.25, 0.3) is 0 Å². The number of carbonyl (C=O) groups excluding carboxylic acids is 1. The van der Waals surface area contributed by atoms with Crippen LogP contribution in [0, 0.1) is 10.1 Å². The van der Waals surface area contributed by atoms with Gasteiger partial charge in [0, 0.05) is 22.3 Å². The number of non-ortho nitro benzene ring substituents is 1. The molecule has 108 valence electrons. The van der Waals surface area contributed by atoms with Crippen molar-refractivity contribution in [1.82, 2.24) is 0 Å². The van der Waals surface area contributed by atoms with E-state index in [2.05, 4.69) is 26.6 Å². The number of rotatable bonds is 5. The van der Waals surface area contributed by atoms with Crippen molar-refractivity contribution in [2.24, 2.45) is 0 Å². The lowest BCUT2D eigenvalue weighted by molar-refractivity contribution is -0.384. The highest BCUT2D eigenvalue weighted by molar-refractivity contribution is 9.10. The smallest absolute Gasteiger partial charge is 0.269 e. The Morgan fingerprint density at radius 3 is 2.43 bits per heavy atom. The predicted octanol–water partition coefficient (Wildman–Crippen LogP) is 3.41. The van der Waals surface area contributed by atoms with Crippen LogP contribution >= 0.6 is 15.9 Å². The summed E-state index contributed by atoms with van der Waals surface area (Å²) in [6.07, 6.45) is 0. The van der Waals surface area contributed by atoms with E-state index < -0.39 is 4.92 Å². The summed E-state index contributed by atoms with van der Waals surface area (Å²) in [5, 5.41) is 16.2. The van der Waals surface area contributed by atoms with Crippen LogP contribution in [-0.4, -0.2) is 17.4 Å². The summed E-state index contributed by atoms with van der Waals surface area (Å²) in [4.78, 5) is 21.9. The van der Waals surface area contributed by atoms with Gasteiger partial charge in [0.25, 0.3) is 5.69 Å². The van der Waals surface area contributed by atoms with E-state index in [-0.39, 0.29) is 18.1 Å². The first-order valence-electron chi connectivity index (χ1n) is 6.09. The molecule has 0 heterocycles. The van der Waals surface area contributed by atoms with Gasteiger partial charge in [-0.3, -0.25) is 14.9 Å². The molecular weight excluding hydrogens is 338 g/mol. The van der Waals surface area contributed by atoms with Gasteiger partial charge in [-0.15, -0.1) is 0 Å². The molecule has 6 nitrogen and oxygen atoms in total. The second kappa shape index (κ2) is 6.85. The van der Waals surface area contributed by atoms with Crippen LogP contribution in [0.15, 0.2) is 53.0 Å². The number of nitrogens with zero attached hydrogens (tertiary/aromatic N) is 1. The predicted molar refractivity (Wildman–Crippen MR) is 84.4 cm³/mol. The normalized spacial score (nSPS) is 9.95. The van der Waals surface area contributed by atoms with Gasteiger partial charge >= 0.3 is 0 Å². The summed E-state index contributed by atoms with van der Waals surface area (Å²) in [5.41, 5.74) is 1.34. The van der Waals surface area contributed by atoms with Crippen molar-refractivity contribution in [2.45, 2.75) is 0 Å². The maximum Gasteiger partial charge on any atom is 0.269 e. The Morgan fingerprint density at radius 2 is 1.81 bits per heavy atom. The summed E-state index contributed by atoms with van der Waals surface area (Å²) in [5.74, 6) is -0.208. The van der Waals surface area contributed by atoms with E-state index in [1.54, 1.807) is 18.2 Å². The van der Waals surface area contributed by atoms with Gasteiger partial charge in [0.2, 0.25) is 5.91 Å². The van der Waals surface area contributed by atoms with Crippen LogP contribution in [0.5, 0.6) is 0 Å². The number of nitrogens with one attached hydrogen (secondary N) is 2. The molecule has 0 aliphatic carbocycles. The fraction of sp³-hybridized carbons (Fsp3) is 0.0714. The van der Waals surface area contributed by atoms with Crippen LogP contribution in [0.1, 0.15) is 0 Å². The van der Waals surface area contributed by atoms with Crippen molar-refractivity contribution in [3.8, 4) is 0 Å². The molecule has 0 aliphatic heterocycles. The van der Waals surface area contributed by atoms with Crippen LogP contribution in [0.4, 0.5) is 17.1 Å². The first kappa shape index (κ1) is 15.0. The van der Waals surface area contributed by atoms with E-state index in [0.717, 1.165) is 4.47 Å². The number of nitro groups is 1. The Kier molecular flexibility index (Phi) is 4.89. The minimum absolute atomic E-state index is 0.0122. The van der Waals surface area contributed by atoms with Crippen molar-refractivity contribution in [2.75, 3.05) is 17.2 Å². The number of anilines is 2. The highest BCUT2D eigenvalue weighted by atomic mass is 79.9. The molecule has 0 atom stereocenters. The molecule has 2 rings (SSSR count). The first-order chi connectivity index (χ1) is 10.1. The molecular formula is C14H12BrN3O3. The number of carbonyl (C=O) groups is 1. The van der Waals surface area contributed by atoms with Crippen molar-refractivity contribution in [3.05, 3.63) is 63.1 Å². The fourth-order valence-electron chi connectivity index (χ4n) is 1.64. The zero-order valence-electron chi connectivity index (χ0n) is 10.9. The van der Waals surface area contributed by atoms with Gasteiger partial charge in [-0.05, 0) is 40.2 Å². The zero-order chi connectivity index (χ0) is 15.2. The van der Waals surface area contributed by atoms with Gasteiger partial charge in [-0.1, -0.05) is 12.1 Å². The van der Waals surface area contributed by atoms with E-state index in [0.29, 0.717) is 11.4 Å². The van der Waals surface area contributed by atoms with Crippen LogP contribution < -0.4 is 10.6 Å². The average molecular weight is 350 g/mol. The second-order valence-corrected chi connectivity index (χ2v) is 5.04. The summed E-state index contributed by atoms with van der Waals surface area (Å²) < 4.78 is 0.800. The van der Waals surface area contributed by atoms with Gasteiger partial charge in [0.15, 0.2) is 0 Å². The van der Waals surface area contributed by atoms with Gasteiger partial charge in [0.1, 0.15) is 0 Å². The highest BCUT2D eigenvalue weighted by Gasteiger charge is 2.06. The molecule has 0 aliphatic rings. The number of nitro benzene ring substituents is 1. The lowest BCUT2D eigenvalue weighted by Crippen LogP contribution is -2.21. The molecule has 0 saturated heterocycles. The molecule has 1 amide bonds. The van der Waals surface area contributed by atoms with Gasteiger partial charge in [-0.25, -0.2) is 0 Å². The summed E-state index contributed by atoms with van der Waals surface area (Å²) >= 11 is 3.34. The minimum Gasteiger partial charge on any atom is -0.376 e. The molecule has 2 aromatic rings. The molecule has 21 heavy (non-hydrogen) atoms. The van der Waals surface area contributed by atoms with Crippen molar-refractivity contribution >= 4 is 38.9 Å². The Morgan fingerprint density at radius 1 is 1.14 bits per heavy atom. The molecule has 0 fully saturated rings. The van der Waals surface area contributed by atoms with Crippen LogP contribution in [0.3, 0.4) is 0 Å². The largest absolute Gasteiger partial charge is 0.376 e. The lowest BCUT2D eigenvalue weighted by atomic mass is 10.3. The zero-order valence-corrected chi connectivity index (χ0v) is 12.5. The number of hydrogen-bond donors (Lipinski definition) is 2. The molecule has 2 N–H and O–H groups in total. The summed E-state index contributed by atoms with van der Waals surface area (Å²) in [6.45, 7) is 0.0686. The van der Waals surface area contributed by atoms with Crippen LogP contribution in [0.2, 0.25) is 0 Å². The molecule has 0 aromatic heterocycles. The molecule has 0 spiro atoms. The van der Waals surface area contributed by atoms with E-state index in [1.165, 1.54) is 12.1 Å². The maximum atomic E-state index is 11.8. The maximum absolute atomic E-state index is 11.8. The summed E-state index contributed by atoms with van der Waals surface area (Å²) in [6, 6.07) is 13.2. The third kappa shape index (κ3) is 4.28. The number of amides is 1. The Labute approximate surface area is 129 Å². The fourth-order valence-corrected chi connectivity index (χ4v) is 2.02. The van der Waals surface area contributed by atoms with Gasteiger partial charge < -0.3 is 10.6 Å². The number of halogens is 1. The second-order valence-electron chi connectivity index (χ2n) is 4.19. The van der Waals surface area contributed by atoms with Crippen molar-refractivity contribution in [1.29, 1.82) is 0 Å². The van der Waals surface area contributed by atoms with Crippen LogP contribution in [-0.2, 0) is 4.79 Å². The minimum atomic E-state index is -0.469. The summed E-state index contributed by atoms with van der Waals surface area (Å²) in [7, 11) is 0. The molecule has 0 radical (unpaired) electrons. The Balaban J connectivity index is 1.89. The number of para-hydroxylation sites is 1. The quantitative estimate of drug-likeness (QED) is 0.639. The number of benzene rings is 2. The van der Waals surface area contributed by atoms with Crippen molar-refractivity contribution in [3.63, 3.8) is 0 Å². The van der Waals surface area contributed by atoms with Crippen molar-refractivity contribution < 1.29 is 9.72 Å². The number of hydrogen-bond acceptors (Lipinski definition) is 4. The van der Waals surface area contributed by atoms with Gasteiger partial charge in [-0.2, -0.15) is 0 Å². The van der Waals surface area contributed by atoms with Gasteiger partial charge in [0.05, 0.1) is 17.2 Å². The topological polar surface area (TPSA) is 84.3 Å². The third-order valence-electron chi connectivity index (χ3n) is 2.68. The van der Waals surface area contributed by atoms with E-state index in [4.69, 9.17) is 0 Å². The molecule has 0 unspecified atom stereocenters. The standard InChI is InChI=1S/C14H12BrN3O3/c15-12-3-1-2-4-13(12)17-14(19)9-16-10-5-7-11(8-6-10)18(20)21/h1-8,16H,9H2,(H,17,19). The highest BCUT2D eigenvalue weighted by Crippen LogP contribution is 2.21. The van der Waals surface area contributed by atoms with E-state index in [9.17, 15) is 14.9 Å². The monoisotopic (exact) mass is 349 g/mol. The Hall–Kier alpha value is -2.41. The molecule has 0 saturated carbocycles. The van der Waals surface area contributed by atoms with E-state index in [1.807, 2.05) is 18.2 Å². The SMILES string of the molecule is O=C(CNc1ccc([N+](=O)[O-])cc1)Nc1ccccc1Br. The lowest BCUT2D eigenvalue weighted by Gasteiger charge is -2.09. The molecule has 0 bridgehead atoms. The first-order valence-corrected chi connectivity index (χ1v) is 6.88. The Bertz CT molecular complexity index is 659. The molecule has 2 aromatic carbocycles. The average Bonchev–Trinajstić information content (AvgIpc) is 2.48. The van der Waals surface area contributed by atoms with E-state index >= 15 is 0 Å².